The van der Waals surface area contributed by atoms with Crippen LogP contribution in [0, 0.1) is 24.0 Å². The third-order valence-electron chi connectivity index (χ3n) is 3.13. The number of nitrogens with zero attached hydrogens (tertiary/aromatic N) is 4. The largest absolute Gasteiger partial charge is 0.457 e. The zero-order chi connectivity index (χ0) is 15.0. The number of hydrogen-bond donors (Lipinski definition) is 0. The van der Waals surface area contributed by atoms with Crippen LogP contribution in [0.2, 0.25) is 0 Å². The van der Waals surface area contributed by atoms with Crippen LogP contribution in [-0.4, -0.2) is 19.5 Å². The van der Waals surface area contributed by atoms with Gasteiger partial charge in [0.2, 0.25) is 0 Å². The first-order chi connectivity index (χ1) is 10.0. The Bertz CT molecular complexity index is 841. The lowest BCUT2D eigenvalue weighted by Crippen LogP contribution is -1.96. The second kappa shape index (κ2) is 4.86. The van der Waals surface area contributed by atoms with E-state index in [0.29, 0.717) is 22.7 Å². The molecule has 0 saturated heterocycles. The first kappa shape index (κ1) is 13.0. The maximum Gasteiger partial charge on any atom is 0.269 e. The Morgan fingerprint density at radius 2 is 2.05 bits per heavy atom. The van der Waals surface area contributed by atoms with Gasteiger partial charge in [-0.3, -0.25) is 10.1 Å². The standard InChI is InChI=1S/C14H12N4O3/c1-9-5-11(18(19)20)3-4-13(9)21-12-6-10(2)17-14(7-12)15-8-16-17/h3-8H,1-2H3. The predicted octanol–water partition coefficient (Wildman–Crippen LogP) is 3.05. The van der Waals surface area contributed by atoms with E-state index in [1.54, 1.807) is 23.6 Å². The molecule has 2 heterocycles. The van der Waals surface area contributed by atoms with Crippen molar-refractivity contribution in [2.75, 3.05) is 0 Å². The van der Waals surface area contributed by atoms with Crippen molar-refractivity contribution < 1.29 is 9.66 Å². The molecule has 0 radical (unpaired) electrons. The number of ether oxygens (including phenoxy) is 1. The highest BCUT2D eigenvalue weighted by Crippen LogP contribution is 2.29. The number of aryl methyl sites for hydroxylation is 2. The lowest BCUT2D eigenvalue weighted by molar-refractivity contribution is -0.384. The fourth-order valence-corrected chi connectivity index (χ4v) is 2.10. The smallest absolute Gasteiger partial charge is 0.269 e. The van der Waals surface area contributed by atoms with Crippen LogP contribution in [0.5, 0.6) is 11.5 Å². The zero-order valence-corrected chi connectivity index (χ0v) is 11.5. The van der Waals surface area contributed by atoms with Crippen molar-refractivity contribution >= 4 is 11.3 Å². The molecule has 0 N–H and O–H groups in total. The average Bonchev–Trinajstić information content (AvgIpc) is 2.89. The van der Waals surface area contributed by atoms with Crippen molar-refractivity contribution in [3.8, 4) is 11.5 Å². The Kier molecular flexibility index (Phi) is 3.02. The number of fused-ring (bicyclic) bond motifs is 1. The van der Waals surface area contributed by atoms with Gasteiger partial charge in [-0.2, -0.15) is 5.10 Å². The number of nitro groups is 1. The van der Waals surface area contributed by atoms with Gasteiger partial charge in [-0.15, -0.1) is 0 Å². The maximum absolute atomic E-state index is 10.7. The molecule has 0 amide bonds. The fourth-order valence-electron chi connectivity index (χ4n) is 2.10. The van der Waals surface area contributed by atoms with Gasteiger partial charge in [0.15, 0.2) is 5.65 Å². The molecule has 0 spiro atoms. The van der Waals surface area contributed by atoms with Crippen LogP contribution in [-0.2, 0) is 0 Å². The topological polar surface area (TPSA) is 82.6 Å². The second-order valence-electron chi connectivity index (χ2n) is 4.67. The summed E-state index contributed by atoms with van der Waals surface area (Å²) >= 11 is 0. The molecule has 0 unspecified atom stereocenters. The number of pyridine rings is 1. The van der Waals surface area contributed by atoms with Gasteiger partial charge >= 0.3 is 0 Å². The molecule has 7 heteroatoms. The summed E-state index contributed by atoms with van der Waals surface area (Å²) < 4.78 is 7.50. The van der Waals surface area contributed by atoms with Crippen molar-refractivity contribution in [2.24, 2.45) is 0 Å². The molecule has 106 valence electrons. The van der Waals surface area contributed by atoms with Gasteiger partial charge in [0, 0.05) is 30.0 Å². The van der Waals surface area contributed by atoms with Crippen LogP contribution >= 0.6 is 0 Å². The van der Waals surface area contributed by atoms with Gasteiger partial charge in [-0.1, -0.05) is 0 Å². The van der Waals surface area contributed by atoms with E-state index in [9.17, 15) is 10.1 Å². The lowest BCUT2D eigenvalue weighted by Gasteiger charge is -2.09. The lowest BCUT2D eigenvalue weighted by atomic mass is 10.2. The van der Waals surface area contributed by atoms with Crippen LogP contribution in [0.25, 0.3) is 5.65 Å². The third kappa shape index (κ3) is 2.40. The summed E-state index contributed by atoms with van der Waals surface area (Å²) in [5, 5.41) is 14.8. The van der Waals surface area contributed by atoms with Crippen LogP contribution in [0.3, 0.4) is 0 Å². The van der Waals surface area contributed by atoms with Crippen molar-refractivity contribution in [1.82, 2.24) is 14.6 Å². The summed E-state index contributed by atoms with van der Waals surface area (Å²) in [6, 6.07) is 8.10. The highest BCUT2D eigenvalue weighted by molar-refractivity contribution is 5.49. The molecule has 0 atom stereocenters. The summed E-state index contributed by atoms with van der Waals surface area (Å²) in [5.41, 5.74) is 2.32. The van der Waals surface area contributed by atoms with E-state index < -0.39 is 4.92 Å². The summed E-state index contributed by atoms with van der Waals surface area (Å²) in [6.07, 6.45) is 1.48. The van der Waals surface area contributed by atoms with E-state index in [0.717, 1.165) is 5.69 Å². The van der Waals surface area contributed by atoms with Crippen molar-refractivity contribution in [3.63, 3.8) is 0 Å². The molecule has 0 aliphatic rings. The third-order valence-corrected chi connectivity index (χ3v) is 3.13. The van der Waals surface area contributed by atoms with E-state index in [4.69, 9.17) is 4.74 Å². The van der Waals surface area contributed by atoms with E-state index in [1.807, 2.05) is 13.0 Å². The molecule has 1 aromatic carbocycles. The normalized spacial score (nSPS) is 10.8. The molecule has 7 nitrogen and oxygen atoms in total. The molecule has 0 saturated carbocycles. The molecule has 3 aromatic rings. The number of aromatic nitrogens is 3. The number of benzene rings is 1. The van der Waals surface area contributed by atoms with Crippen LogP contribution < -0.4 is 4.74 Å². The minimum absolute atomic E-state index is 0.0453. The molecule has 0 aliphatic carbocycles. The average molecular weight is 284 g/mol. The molecule has 21 heavy (non-hydrogen) atoms. The molecule has 3 rings (SSSR count). The van der Waals surface area contributed by atoms with Gasteiger partial charge in [-0.25, -0.2) is 9.50 Å². The van der Waals surface area contributed by atoms with E-state index in [1.165, 1.54) is 18.5 Å². The van der Waals surface area contributed by atoms with Gasteiger partial charge < -0.3 is 4.74 Å². The zero-order valence-electron chi connectivity index (χ0n) is 11.5. The SMILES string of the molecule is Cc1cc([N+](=O)[O-])ccc1Oc1cc(C)n2ncnc2c1. The van der Waals surface area contributed by atoms with E-state index in [2.05, 4.69) is 10.1 Å². The molecular weight excluding hydrogens is 272 g/mol. The fraction of sp³-hybridized carbons (Fsp3) is 0.143. The summed E-state index contributed by atoms with van der Waals surface area (Å²) in [7, 11) is 0. The first-order valence-corrected chi connectivity index (χ1v) is 6.28. The predicted molar refractivity (Wildman–Crippen MR) is 75.6 cm³/mol. The monoisotopic (exact) mass is 284 g/mol. The molecule has 0 bridgehead atoms. The van der Waals surface area contributed by atoms with Crippen LogP contribution in [0.1, 0.15) is 11.3 Å². The van der Waals surface area contributed by atoms with Crippen molar-refractivity contribution in [2.45, 2.75) is 13.8 Å². The summed E-state index contributed by atoms with van der Waals surface area (Å²) in [6.45, 7) is 3.67. The maximum atomic E-state index is 10.7. The van der Waals surface area contributed by atoms with Gasteiger partial charge in [0.1, 0.15) is 17.8 Å². The van der Waals surface area contributed by atoms with E-state index >= 15 is 0 Å². The Morgan fingerprint density at radius 3 is 2.76 bits per heavy atom. The van der Waals surface area contributed by atoms with Gasteiger partial charge in [0.25, 0.3) is 5.69 Å². The Labute approximate surface area is 120 Å². The minimum Gasteiger partial charge on any atom is -0.457 e. The molecule has 0 fully saturated rings. The van der Waals surface area contributed by atoms with Gasteiger partial charge in [-0.05, 0) is 25.5 Å². The number of hydrogen-bond acceptors (Lipinski definition) is 5. The minimum atomic E-state index is -0.427. The van der Waals surface area contributed by atoms with Crippen LogP contribution in [0.4, 0.5) is 5.69 Å². The first-order valence-electron chi connectivity index (χ1n) is 6.28. The summed E-state index contributed by atoms with van der Waals surface area (Å²) in [4.78, 5) is 14.4. The molecule has 0 aliphatic heterocycles. The second-order valence-corrected chi connectivity index (χ2v) is 4.67. The molecular formula is C14H12N4O3. The van der Waals surface area contributed by atoms with Crippen molar-refractivity contribution in [3.05, 3.63) is 58.0 Å². The van der Waals surface area contributed by atoms with Crippen LogP contribution in [0.15, 0.2) is 36.7 Å². The number of non-ortho nitro benzene ring substituents is 1. The number of nitro benzene ring substituents is 1. The van der Waals surface area contributed by atoms with Gasteiger partial charge in [0.05, 0.1) is 4.92 Å². The van der Waals surface area contributed by atoms with Crippen molar-refractivity contribution in [1.29, 1.82) is 0 Å². The van der Waals surface area contributed by atoms with E-state index in [-0.39, 0.29) is 5.69 Å². The Morgan fingerprint density at radius 1 is 1.24 bits per heavy atom. The quantitative estimate of drug-likeness (QED) is 0.545. The summed E-state index contributed by atoms with van der Waals surface area (Å²) in [5.74, 6) is 1.19. The highest BCUT2D eigenvalue weighted by atomic mass is 16.6. The Hall–Kier alpha value is -2.96. The highest BCUT2D eigenvalue weighted by Gasteiger charge is 2.10. The molecule has 2 aromatic heterocycles. The number of rotatable bonds is 3. The Balaban J connectivity index is 1.96.